The summed E-state index contributed by atoms with van der Waals surface area (Å²) in [4.78, 5) is 19.8. The zero-order valence-electron chi connectivity index (χ0n) is 7.23. The molecule has 1 aromatic heterocycles. The van der Waals surface area contributed by atoms with Crippen molar-refractivity contribution in [2.45, 2.75) is 12.5 Å². The minimum atomic E-state index is -0.142. The van der Waals surface area contributed by atoms with Crippen LogP contribution in [0.3, 0.4) is 0 Å². The van der Waals surface area contributed by atoms with Crippen molar-refractivity contribution in [2.24, 2.45) is 5.73 Å². The molecule has 0 spiro atoms. The second-order valence-corrected chi connectivity index (χ2v) is 3.24. The molecule has 0 bridgehead atoms. The summed E-state index contributed by atoms with van der Waals surface area (Å²) in [7, 11) is 0. The molecule has 2 rings (SSSR count). The fraction of sp³-hybridized carbons (Fsp3) is 0.500. The molecule has 0 saturated carbocycles. The van der Waals surface area contributed by atoms with Gasteiger partial charge in [0.25, 0.3) is 5.56 Å². The molecule has 1 aliphatic heterocycles. The van der Waals surface area contributed by atoms with E-state index in [9.17, 15) is 4.79 Å². The van der Waals surface area contributed by atoms with Crippen LogP contribution < -0.4 is 16.2 Å². The van der Waals surface area contributed by atoms with Crippen molar-refractivity contribution in [3.05, 3.63) is 22.7 Å². The van der Waals surface area contributed by atoms with Crippen molar-refractivity contribution in [1.82, 2.24) is 9.97 Å². The second-order valence-electron chi connectivity index (χ2n) is 3.24. The Morgan fingerprint density at radius 1 is 1.69 bits per heavy atom. The van der Waals surface area contributed by atoms with Crippen LogP contribution in [0.15, 0.2) is 17.2 Å². The number of aromatic amines is 1. The summed E-state index contributed by atoms with van der Waals surface area (Å²) in [5, 5.41) is 0. The van der Waals surface area contributed by atoms with Gasteiger partial charge in [-0.25, -0.2) is 4.98 Å². The van der Waals surface area contributed by atoms with E-state index in [4.69, 9.17) is 5.73 Å². The fourth-order valence-corrected chi connectivity index (χ4v) is 1.55. The smallest absolute Gasteiger partial charge is 0.290 e. The predicted molar refractivity (Wildman–Crippen MR) is 49.7 cm³/mol. The van der Waals surface area contributed by atoms with Crippen LogP contribution in [0.2, 0.25) is 0 Å². The zero-order valence-corrected chi connectivity index (χ0v) is 7.23. The van der Waals surface area contributed by atoms with Crippen molar-refractivity contribution in [2.75, 3.05) is 18.0 Å². The first-order chi connectivity index (χ1) is 6.27. The third kappa shape index (κ3) is 1.55. The lowest BCUT2D eigenvalue weighted by molar-refractivity contribution is 0.751. The maximum absolute atomic E-state index is 11.3. The summed E-state index contributed by atoms with van der Waals surface area (Å²) in [6.45, 7) is 1.54. The molecule has 1 aromatic rings. The van der Waals surface area contributed by atoms with E-state index in [1.807, 2.05) is 4.90 Å². The Morgan fingerprint density at radius 2 is 2.54 bits per heavy atom. The molecule has 1 atom stereocenters. The molecule has 3 N–H and O–H groups in total. The Bertz CT molecular complexity index is 348. The summed E-state index contributed by atoms with van der Waals surface area (Å²) in [5.74, 6) is 0.482. The van der Waals surface area contributed by atoms with Gasteiger partial charge in [-0.1, -0.05) is 0 Å². The summed E-state index contributed by atoms with van der Waals surface area (Å²) >= 11 is 0. The van der Waals surface area contributed by atoms with Crippen LogP contribution in [-0.4, -0.2) is 29.1 Å². The molecule has 0 amide bonds. The van der Waals surface area contributed by atoms with Gasteiger partial charge in [-0.15, -0.1) is 0 Å². The van der Waals surface area contributed by atoms with Crippen molar-refractivity contribution in [3.8, 4) is 0 Å². The number of aromatic nitrogens is 2. The first-order valence-electron chi connectivity index (χ1n) is 4.31. The summed E-state index contributed by atoms with van der Waals surface area (Å²) in [6, 6.07) is 0.168. The third-order valence-electron chi connectivity index (χ3n) is 2.21. The molecule has 1 saturated heterocycles. The van der Waals surface area contributed by atoms with Gasteiger partial charge in [-0.2, -0.15) is 0 Å². The Labute approximate surface area is 75.6 Å². The average Bonchev–Trinajstić information content (AvgIpc) is 2.53. The monoisotopic (exact) mass is 180 g/mol. The van der Waals surface area contributed by atoms with Gasteiger partial charge in [0.05, 0.1) is 0 Å². The lowest BCUT2D eigenvalue weighted by atomic mass is 10.3. The van der Waals surface area contributed by atoms with Crippen molar-refractivity contribution in [1.29, 1.82) is 0 Å². The molecule has 5 nitrogen and oxygen atoms in total. The molecule has 13 heavy (non-hydrogen) atoms. The molecule has 70 valence electrons. The topological polar surface area (TPSA) is 75.0 Å². The number of nitrogens with zero attached hydrogens (tertiary/aromatic N) is 2. The van der Waals surface area contributed by atoms with E-state index in [0.717, 1.165) is 19.5 Å². The minimum absolute atomic E-state index is 0.142. The van der Waals surface area contributed by atoms with Gasteiger partial charge in [0.15, 0.2) is 5.82 Å². The van der Waals surface area contributed by atoms with Gasteiger partial charge in [0.1, 0.15) is 0 Å². The Kier molecular flexibility index (Phi) is 2.02. The van der Waals surface area contributed by atoms with Gasteiger partial charge in [-0.05, 0) is 6.42 Å². The first kappa shape index (κ1) is 8.25. The van der Waals surface area contributed by atoms with E-state index in [2.05, 4.69) is 9.97 Å². The van der Waals surface area contributed by atoms with Crippen LogP contribution in [0, 0.1) is 0 Å². The molecular weight excluding hydrogens is 168 g/mol. The number of H-pyrrole nitrogens is 1. The van der Waals surface area contributed by atoms with Crippen LogP contribution in [0.4, 0.5) is 5.82 Å². The normalized spacial score (nSPS) is 22.2. The summed E-state index contributed by atoms with van der Waals surface area (Å²) in [5.41, 5.74) is 5.59. The van der Waals surface area contributed by atoms with Crippen molar-refractivity contribution in [3.63, 3.8) is 0 Å². The number of nitrogens with one attached hydrogen (secondary N) is 1. The van der Waals surface area contributed by atoms with Gasteiger partial charge in [0.2, 0.25) is 0 Å². The number of hydrogen-bond donors (Lipinski definition) is 2. The summed E-state index contributed by atoms with van der Waals surface area (Å²) in [6.07, 6.45) is 4.04. The standard InChI is InChI=1S/C8H12N4O/c9-6-1-4-12(5-6)7-8(13)11-3-2-10-7/h2-3,6H,1,4-5,9H2,(H,11,13)/t6-/m1/s1. The molecule has 0 radical (unpaired) electrons. The summed E-state index contributed by atoms with van der Waals surface area (Å²) < 4.78 is 0. The third-order valence-corrected chi connectivity index (χ3v) is 2.21. The highest BCUT2D eigenvalue weighted by atomic mass is 16.1. The van der Waals surface area contributed by atoms with Crippen LogP contribution in [-0.2, 0) is 0 Å². The number of rotatable bonds is 1. The van der Waals surface area contributed by atoms with Crippen LogP contribution in [0.1, 0.15) is 6.42 Å². The molecule has 0 aromatic carbocycles. The minimum Gasteiger partial charge on any atom is -0.350 e. The zero-order chi connectivity index (χ0) is 9.26. The molecule has 2 heterocycles. The van der Waals surface area contributed by atoms with E-state index in [1.165, 1.54) is 6.20 Å². The Morgan fingerprint density at radius 3 is 3.15 bits per heavy atom. The van der Waals surface area contributed by atoms with Crippen LogP contribution >= 0.6 is 0 Å². The maximum Gasteiger partial charge on any atom is 0.290 e. The molecule has 0 unspecified atom stereocenters. The van der Waals surface area contributed by atoms with Crippen LogP contribution in [0.25, 0.3) is 0 Å². The Balaban J connectivity index is 2.26. The van der Waals surface area contributed by atoms with E-state index >= 15 is 0 Å². The van der Waals surface area contributed by atoms with Crippen LogP contribution in [0.5, 0.6) is 0 Å². The van der Waals surface area contributed by atoms with Crippen molar-refractivity contribution < 1.29 is 0 Å². The van der Waals surface area contributed by atoms with E-state index in [0.29, 0.717) is 5.82 Å². The number of anilines is 1. The van der Waals surface area contributed by atoms with Gasteiger partial charge < -0.3 is 15.6 Å². The average molecular weight is 180 g/mol. The Hall–Kier alpha value is -1.36. The highest BCUT2D eigenvalue weighted by Gasteiger charge is 2.21. The first-order valence-corrected chi connectivity index (χ1v) is 4.31. The molecule has 1 fully saturated rings. The number of nitrogens with two attached hydrogens (primary N) is 1. The predicted octanol–water partition coefficient (Wildman–Crippen LogP) is -0.693. The largest absolute Gasteiger partial charge is 0.350 e. The molecule has 1 aliphatic rings. The fourth-order valence-electron chi connectivity index (χ4n) is 1.55. The molecular formula is C8H12N4O. The SMILES string of the molecule is N[C@@H]1CCN(c2ncc[nH]c2=O)C1. The van der Waals surface area contributed by atoms with E-state index < -0.39 is 0 Å². The van der Waals surface area contributed by atoms with Crippen molar-refractivity contribution >= 4 is 5.82 Å². The maximum atomic E-state index is 11.3. The van der Waals surface area contributed by atoms with Gasteiger partial charge in [0, 0.05) is 31.5 Å². The molecule has 5 heteroatoms. The lowest BCUT2D eigenvalue weighted by Crippen LogP contribution is -2.31. The van der Waals surface area contributed by atoms with Gasteiger partial charge in [-0.3, -0.25) is 4.79 Å². The highest BCUT2D eigenvalue weighted by molar-refractivity contribution is 5.36. The van der Waals surface area contributed by atoms with E-state index in [1.54, 1.807) is 6.20 Å². The second kappa shape index (κ2) is 3.18. The quantitative estimate of drug-likeness (QED) is 0.599. The number of hydrogen-bond acceptors (Lipinski definition) is 4. The van der Waals surface area contributed by atoms with Gasteiger partial charge >= 0.3 is 0 Å². The highest BCUT2D eigenvalue weighted by Crippen LogP contribution is 2.11. The molecule has 0 aliphatic carbocycles. The lowest BCUT2D eigenvalue weighted by Gasteiger charge is -2.14. The van der Waals surface area contributed by atoms with E-state index in [-0.39, 0.29) is 11.6 Å².